The molecule has 1 aromatic heterocycles. The second-order valence-corrected chi connectivity index (χ2v) is 4.69. The first-order valence-electron chi connectivity index (χ1n) is 4.35. The van der Waals surface area contributed by atoms with Crippen LogP contribution in [0.5, 0.6) is 0 Å². The molecule has 72 valence electrons. The van der Waals surface area contributed by atoms with E-state index in [1.807, 2.05) is 6.07 Å². The van der Waals surface area contributed by atoms with Crippen molar-refractivity contribution >= 4 is 33.0 Å². The summed E-state index contributed by atoms with van der Waals surface area (Å²) in [4.78, 5) is 0. The first kappa shape index (κ1) is 9.74. The first-order chi connectivity index (χ1) is 6.84. The third-order valence-electron chi connectivity index (χ3n) is 1.91. The van der Waals surface area contributed by atoms with Crippen LogP contribution in [-0.4, -0.2) is 0 Å². The minimum absolute atomic E-state index is 0.871. The summed E-state index contributed by atoms with van der Waals surface area (Å²) in [5, 5.41) is 7.54. The first-order valence-corrected chi connectivity index (χ1v) is 6.09. The molecule has 0 atom stereocenters. The molecule has 0 saturated heterocycles. The van der Waals surface area contributed by atoms with Gasteiger partial charge in [0.1, 0.15) is 0 Å². The van der Waals surface area contributed by atoms with E-state index in [-0.39, 0.29) is 0 Å². The Morgan fingerprint density at radius 2 is 2.21 bits per heavy atom. The van der Waals surface area contributed by atoms with Gasteiger partial charge in [-0.3, -0.25) is 0 Å². The molecule has 2 aromatic rings. The normalized spacial score (nSPS) is 10.1. The Morgan fingerprint density at radius 3 is 2.93 bits per heavy atom. The summed E-state index contributed by atoms with van der Waals surface area (Å²) in [5.41, 5.74) is 2.47. The zero-order valence-corrected chi connectivity index (χ0v) is 9.94. The Kier molecular flexibility index (Phi) is 3.22. The Bertz CT molecular complexity index is 397. The van der Waals surface area contributed by atoms with Crippen LogP contribution in [0.3, 0.4) is 0 Å². The molecule has 14 heavy (non-hydrogen) atoms. The number of anilines is 1. The van der Waals surface area contributed by atoms with Crippen LogP contribution in [0.25, 0.3) is 0 Å². The molecule has 0 unspecified atom stereocenters. The van der Waals surface area contributed by atoms with Gasteiger partial charge in [0, 0.05) is 22.1 Å². The third-order valence-corrected chi connectivity index (χ3v) is 3.08. The van der Waals surface area contributed by atoms with Crippen molar-refractivity contribution < 1.29 is 0 Å². The smallest absolute Gasteiger partial charge is 0.0451 e. The quantitative estimate of drug-likeness (QED) is 0.882. The van der Waals surface area contributed by atoms with Crippen LogP contribution in [-0.2, 0) is 6.54 Å². The van der Waals surface area contributed by atoms with Gasteiger partial charge in [0.2, 0.25) is 0 Å². The number of benzene rings is 1. The fraction of sp³-hybridized carbons (Fsp3) is 0.0909. The maximum atomic E-state index is 3.46. The van der Waals surface area contributed by atoms with Gasteiger partial charge in [-0.1, -0.05) is 28.1 Å². The minimum atomic E-state index is 0.871. The predicted molar refractivity (Wildman–Crippen MR) is 65.8 cm³/mol. The molecular formula is C11H10BrNS. The van der Waals surface area contributed by atoms with E-state index in [0.29, 0.717) is 0 Å². The van der Waals surface area contributed by atoms with E-state index in [9.17, 15) is 0 Å². The van der Waals surface area contributed by atoms with Crippen LogP contribution >= 0.6 is 27.3 Å². The number of halogens is 1. The van der Waals surface area contributed by atoms with Gasteiger partial charge in [-0.25, -0.2) is 0 Å². The molecule has 3 heteroatoms. The van der Waals surface area contributed by atoms with E-state index in [2.05, 4.69) is 56.3 Å². The molecule has 2 rings (SSSR count). The van der Waals surface area contributed by atoms with E-state index < -0.39 is 0 Å². The highest BCUT2D eigenvalue weighted by atomic mass is 79.9. The Morgan fingerprint density at radius 1 is 1.29 bits per heavy atom. The monoisotopic (exact) mass is 267 g/mol. The number of nitrogens with one attached hydrogen (secondary N) is 1. The fourth-order valence-corrected chi connectivity index (χ4v) is 2.28. The molecule has 0 spiro atoms. The molecule has 0 fully saturated rings. The topological polar surface area (TPSA) is 12.0 Å². The maximum absolute atomic E-state index is 3.46. The average molecular weight is 268 g/mol. The van der Waals surface area contributed by atoms with Crippen molar-refractivity contribution in [1.82, 2.24) is 0 Å². The second kappa shape index (κ2) is 4.62. The van der Waals surface area contributed by atoms with Crippen LogP contribution in [0.2, 0.25) is 0 Å². The Labute approximate surface area is 95.9 Å². The van der Waals surface area contributed by atoms with Crippen molar-refractivity contribution in [3.8, 4) is 0 Å². The van der Waals surface area contributed by atoms with Crippen molar-refractivity contribution in [3.05, 3.63) is 51.1 Å². The van der Waals surface area contributed by atoms with Crippen LogP contribution in [0, 0.1) is 0 Å². The highest BCUT2D eigenvalue weighted by Gasteiger charge is 1.94. The van der Waals surface area contributed by atoms with Crippen molar-refractivity contribution in [2.45, 2.75) is 6.54 Å². The number of hydrogen-bond donors (Lipinski definition) is 1. The molecule has 1 heterocycles. The Balaban J connectivity index is 1.98. The van der Waals surface area contributed by atoms with E-state index in [1.54, 1.807) is 11.3 Å². The van der Waals surface area contributed by atoms with Gasteiger partial charge in [0.25, 0.3) is 0 Å². The summed E-state index contributed by atoms with van der Waals surface area (Å²) in [6.07, 6.45) is 0. The third kappa shape index (κ3) is 2.59. The number of thiophene rings is 1. The number of hydrogen-bond acceptors (Lipinski definition) is 2. The standard InChI is InChI=1S/C11H10BrNS/c12-10-3-1-2-9(6-10)7-13-11-4-5-14-8-11/h1-6,8,13H,7H2. The Hall–Kier alpha value is -0.800. The van der Waals surface area contributed by atoms with Gasteiger partial charge in [-0.05, 0) is 29.1 Å². The van der Waals surface area contributed by atoms with Crippen molar-refractivity contribution in [3.63, 3.8) is 0 Å². The molecule has 1 aromatic carbocycles. The lowest BCUT2D eigenvalue weighted by Crippen LogP contribution is -1.97. The molecule has 0 aliphatic rings. The molecule has 1 N–H and O–H groups in total. The van der Waals surface area contributed by atoms with Crippen molar-refractivity contribution in [1.29, 1.82) is 0 Å². The molecule has 0 aliphatic heterocycles. The minimum Gasteiger partial charge on any atom is -0.380 e. The number of rotatable bonds is 3. The second-order valence-electron chi connectivity index (χ2n) is 3.00. The summed E-state index contributed by atoms with van der Waals surface area (Å²) in [6, 6.07) is 10.4. The lowest BCUT2D eigenvalue weighted by molar-refractivity contribution is 1.15. The van der Waals surface area contributed by atoms with Gasteiger partial charge < -0.3 is 5.32 Å². The largest absolute Gasteiger partial charge is 0.380 e. The van der Waals surface area contributed by atoms with E-state index >= 15 is 0 Å². The average Bonchev–Trinajstić information content (AvgIpc) is 2.67. The molecule has 0 radical (unpaired) electrons. The van der Waals surface area contributed by atoms with Crippen LogP contribution in [0.15, 0.2) is 45.6 Å². The SMILES string of the molecule is Brc1cccc(CNc2ccsc2)c1. The summed E-state index contributed by atoms with van der Waals surface area (Å²) >= 11 is 5.16. The van der Waals surface area contributed by atoms with Gasteiger partial charge in [-0.2, -0.15) is 11.3 Å². The molecular weight excluding hydrogens is 258 g/mol. The van der Waals surface area contributed by atoms with E-state index in [0.717, 1.165) is 11.0 Å². The molecule has 0 aliphatic carbocycles. The van der Waals surface area contributed by atoms with Crippen LogP contribution in [0.4, 0.5) is 5.69 Å². The van der Waals surface area contributed by atoms with Crippen molar-refractivity contribution in [2.24, 2.45) is 0 Å². The van der Waals surface area contributed by atoms with Gasteiger partial charge >= 0.3 is 0 Å². The lowest BCUT2D eigenvalue weighted by atomic mass is 10.2. The summed E-state index contributed by atoms with van der Waals surface area (Å²) < 4.78 is 1.13. The van der Waals surface area contributed by atoms with Crippen LogP contribution < -0.4 is 5.32 Å². The van der Waals surface area contributed by atoms with E-state index in [4.69, 9.17) is 0 Å². The maximum Gasteiger partial charge on any atom is 0.0451 e. The lowest BCUT2D eigenvalue weighted by Gasteiger charge is -2.04. The molecule has 0 amide bonds. The summed E-state index contributed by atoms with van der Waals surface area (Å²) in [6.45, 7) is 0.871. The highest BCUT2D eigenvalue weighted by molar-refractivity contribution is 9.10. The van der Waals surface area contributed by atoms with Gasteiger partial charge in [0.05, 0.1) is 0 Å². The van der Waals surface area contributed by atoms with E-state index in [1.165, 1.54) is 11.3 Å². The predicted octanol–water partition coefficient (Wildman–Crippen LogP) is 4.12. The molecule has 0 saturated carbocycles. The summed E-state index contributed by atoms with van der Waals surface area (Å²) in [5.74, 6) is 0. The highest BCUT2D eigenvalue weighted by Crippen LogP contribution is 2.15. The summed E-state index contributed by atoms with van der Waals surface area (Å²) in [7, 11) is 0. The molecule has 1 nitrogen and oxygen atoms in total. The zero-order chi connectivity index (χ0) is 9.80. The van der Waals surface area contributed by atoms with Crippen molar-refractivity contribution in [2.75, 3.05) is 5.32 Å². The van der Waals surface area contributed by atoms with Gasteiger partial charge in [-0.15, -0.1) is 0 Å². The fourth-order valence-electron chi connectivity index (χ4n) is 1.22. The molecule has 0 bridgehead atoms. The van der Waals surface area contributed by atoms with Gasteiger partial charge in [0.15, 0.2) is 0 Å². The van der Waals surface area contributed by atoms with Crippen LogP contribution in [0.1, 0.15) is 5.56 Å². The zero-order valence-electron chi connectivity index (χ0n) is 7.53.